The van der Waals surface area contributed by atoms with E-state index in [2.05, 4.69) is 28.1 Å². The third-order valence-electron chi connectivity index (χ3n) is 3.69. The molecule has 3 nitrogen and oxygen atoms in total. The van der Waals surface area contributed by atoms with Crippen LogP contribution in [0, 0.1) is 0 Å². The SMILES string of the molecule is O=C(OCc1ccccc1)N1CC(c2ccc(Br)cc2)C1. The molecule has 2 aromatic rings. The molecule has 0 aromatic heterocycles. The lowest BCUT2D eigenvalue weighted by Crippen LogP contribution is -2.48. The average Bonchev–Trinajstić information content (AvgIpc) is 2.47. The number of benzene rings is 2. The van der Waals surface area contributed by atoms with Crippen molar-refractivity contribution in [3.05, 3.63) is 70.2 Å². The van der Waals surface area contributed by atoms with Crippen LogP contribution in [0.25, 0.3) is 0 Å². The Balaban J connectivity index is 1.47. The van der Waals surface area contributed by atoms with Crippen LogP contribution in [0.2, 0.25) is 0 Å². The number of rotatable bonds is 3. The molecule has 3 rings (SSSR count). The van der Waals surface area contributed by atoms with Gasteiger partial charge in [0.2, 0.25) is 0 Å². The van der Waals surface area contributed by atoms with E-state index in [1.54, 1.807) is 4.90 Å². The summed E-state index contributed by atoms with van der Waals surface area (Å²) in [6.07, 6.45) is -0.229. The minimum atomic E-state index is -0.229. The van der Waals surface area contributed by atoms with Gasteiger partial charge in [-0.05, 0) is 23.3 Å². The van der Waals surface area contributed by atoms with Crippen LogP contribution in [0.3, 0.4) is 0 Å². The van der Waals surface area contributed by atoms with E-state index in [1.807, 2.05) is 42.5 Å². The van der Waals surface area contributed by atoms with Crippen molar-refractivity contribution in [3.8, 4) is 0 Å². The predicted octanol–water partition coefficient (Wildman–Crippen LogP) is 4.19. The number of ether oxygens (including phenoxy) is 1. The minimum absolute atomic E-state index is 0.229. The maximum atomic E-state index is 11.9. The summed E-state index contributed by atoms with van der Waals surface area (Å²) in [7, 11) is 0. The molecule has 4 heteroatoms. The Morgan fingerprint density at radius 2 is 1.76 bits per heavy atom. The monoisotopic (exact) mass is 345 g/mol. The Kier molecular flexibility index (Phi) is 4.25. The molecule has 0 bridgehead atoms. The summed E-state index contributed by atoms with van der Waals surface area (Å²) in [5, 5.41) is 0. The fraction of sp³-hybridized carbons (Fsp3) is 0.235. The van der Waals surface area contributed by atoms with Crippen LogP contribution in [0.4, 0.5) is 4.79 Å². The Labute approximate surface area is 132 Å². The topological polar surface area (TPSA) is 29.5 Å². The number of carbonyl (C=O) groups is 1. The van der Waals surface area contributed by atoms with Crippen molar-refractivity contribution in [2.24, 2.45) is 0 Å². The number of halogens is 1. The quantitative estimate of drug-likeness (QED) is 0.834. The molecule has 0 unspecified atom stereocenters. The third kappa shape index (κ3) is 3.45. The van der Waals surface area contributed by atoms with Crippen molar-refractivity contribution in [2.75, 3.05) is 13.1 Å². The van der Waals surface area contributed by atoms with E-state index in [1.165, 1.54) is 5.56 Å². The number of nitrogens with zero attached hydrogens (tertiary/aromatic N) is 1. The molecule has 0 N–H and O–H groups in total. The van der Waals surface area contributed by atoms with E-state index in [9.17, 15) is 4.79 Å². The lowest BCUT2D eigenvalue weighted by Gasteiger charge is -2.38. The summed E-state index contributed by atoms with van der Waals surface area (Å²) < 4.78 is 6.39. The third-order valence-corrected chi connectivity index (χ3v) is 4.21. The number of hydrogen-bond donors (Lipinski definition) is 0. The van der Waals surface area contributed by atoms with Crippen molar-refractivity contribution < 1.29 is 9.53 Å². The molecule has 0 saturated carbocycles. The van der Waals surface area contributed by atoms with Gasteiger partial charge in [0.25, 0.3) is 0 Å². The molecule has 21 heavy (non-hydrogen) atoms. The van der Waals surface area contributed by atoms with Crippen LogP contribution in [0.1, 0.15) is 17.0 Å². The number of carbonyl (C=O) groups excluding carboxylic acids is 1. The van der Waals surface area contributed by atoms with Crippen LogP contribution in [-0.4, -0.2) is 24.1 Å². The van der Waals surface area contributed by atoms with Crippen LogP contribution in [-0.2, 0) is 11.3 Å². The molecular formula is C17H16BrNO2. The van der Waals surface area contributed by atoms with Gasteiger partial charge in [-0.3, -0.25) is 0 Å². The van der Waals surface area contributed by atoms with Gasteiger partial charge in [-0.2, -0.15) is 0 Å². The zero-order valence-corrected chi connectivity index (χ0v) is 13.1. The van der Waals surface area contributed by atoms with E-state index in [0.717, 1.165) is 23.1 Å². The lowest BCUT2D eigenvalue weighted by molar-refractivity contribution is 0.0664. The number of amides is 1. The van der Waals surface area contributed by atoms with Gasteiger partial charge in [0.1, 0.15) is 6.61 Å². The Morgan fingerprint density at radius 1 is 1.10 bits per heavy atom. The highest BCUT2D eigenvalue weighted by molar-refractivity contribution is 9.10. The normalized spacial score (nSPS) is 14.6. The summed E-state index contributed by atoms with van der Waals surface area (Å²) >= 11 is 3.43. The van der Waals surface area contributed by atoms with E-state index < -0.39 is 0 Å². The lowest BCUT2D eigenvalue weighted by atomic mass is 9.92. The zero-order chi connectivity index (χ0) is 14.7. The van der Waals surface area contributed by atoms with Crippen LogP contribution < -0.4 is 0 Å². The summed E-state index contributed by atoms with van der Waals surface area (Å²) in [6, 6.07) is 18.0. The highest BCUT2D eigenvalue weighted by Gasteiger charge is 2.32. The molecule has 1 fully saturated rings. The molecule has 1 aliphatic heterocycles. The summed E-state index contributed by atoms with van der Waals surface area (Å²) in [4.78, 5) is 13.7. The molecule has 0 spiro atoms. The molecule has 1 saturated heterocycles. The summed E-state index contributed by atoms with van der Waals surface area (Å²) in [5.74, 6) is 0.419. The number of likely N-dealkylation sites (tertiary alicyclic amines) is 1. The van der Waals surface area contributed by atoms with E-state index in [4.69, 9.17) is 4.74 Å². The van der Waals surface area contributed by atoms with Gasteiger partial charge >= 0.3 is 6.09 Å². The maximum Gasteiger partial charge on any atom is 0.410 e. The second-order valence-electron chi connectivity index (χ2n) is 5.19. The first kappa shape index (κ1) is 14.1. The fourth-order valence-electron chi connectivity index (χ4n) is 2.38. The van der Waals surface area contributed by atoms with E-state index >= 15 is 0 Å². The van der Waals surface area contributed by atoms with Crippen molar-refractivity contribution in [1.82, 2.24) is 4.90 Å². The minimum Gasteiger partial charge on any atom is -0.445 e. The van der Waals surface area contributed by atoms with Gasteiger partial charge < -0.3 is 9.64 Å². The average molecular weight is 346 g/mol. The second-order valence-corrected chi connectivity index (χ2v) is 6.11. The Bertz CT molecular complexity index is 606. The predicted molar refractivity (Wildman–Crippen MR) is 85.1 cm³/mol. The molecule has 0 radical (unpaired) electrons. The Morgan fingerprint density at radius 3 is 2.43 bits per heavy atom. The smallest absolute Gasteiger partial charge is 0.410 e. The van der Waals surface area contributed by atoms with Crippen molar-refractivity contribution >= 4 is 22.0 Å². The van der Waals surface area contributed by atoms with Crippen LogP contribution >= 0.6 is 15.9 Å². The van der Waals surface area contributed by atoms with Crippen molar-refractivity contribution in [2.45, 2.75) is 12.5 Å². The highest BCUT2D eigenvalue weighted by atomic mass is 79.9. The second kappa shape index (κ2) is 6.31. The molecule has 2 aromatic carbocycles. The first-order valence-electron chi connectivity index (χ1n) is 6.93. The molecule has 108 valence electrons. The standard InChI is InChI=1S/C17H16BrNO2/c18-16-8-6-14(7-9-16)15-10-19(11-15)17(20)21-12-13-4-2-1-3-5-13/h1-9,15H,10-12H2. The molecule has 0 atom stereocenters. The van der Waals surface area contributed by atoms with Gasteiger partial charge in [0.15, 0.2) is 0 Å². The van der Waals surface area contributed by atoms with Crippen LogP contribution in [0.15, 0.2) is 59.1 Å². The molecular weight excluding hydrogens is 330 g/mol. The Hall–Kier alpha value is -1.81. The van der Waals surface area contributed by atoms with Gasteiger partial charge in [-0.15, -0.1) is 0 Å². The molecule has 1 heterocycles. The maximum absolute atomic E-state index is 11.9. The zero-order valence-electron chi connectivity index (χ0n) is 11.5. The van der Waals surface area contributed by atoms with Gasteiger partial charge in [0.05, 0.1) is 0 Å². The highest BCUT2D eigenvalue weighted by Crippen LogP contribution is 2.28. The first-order chi connectivity index (χ1) is 10.2. The summed E-state index contributed by atoms with van der Waals surface area (Å²) in [5.41, 5.74) is 2.28. The van der Waals surface area contributed by atoms with Crippen LogP contribution in [0.5, 0.6) is 0 Å². The first-order valence-corrected chi connectivity index (χ1v) is 7.73. The van der Waals surface area contributed by atoms with Crippen molar-refractivity contribution in [3.63, 3.8) is 0 Å². The van der Waals surface area contributed by atoms with Crippen molar-refractivity contribution in [1.29, 1.82) is 0 Å². The molecule has 1 aliphatic rings. The van der Waals surface area contributed by atoms with Gasteiger partial charge in [-0.1, -0.05) is 58.4 Å². The fourth-order valence-corrected chi connectivity index (χ4v) is 2.65. The van der Waals surface area contributed by atoms with E-state index in [-0.39, 0.29) is 6.09 Å². The van der Waals surface area contributed by atoms with Gasteiger partial charge in [0, 0.05) is 23.5 Å². The summed E-state index contributed by atoms with van der Waals surface area (Å²) in [6.45, 7) is 1.80. The molecule has 0 aliphatic carbocycles. The van der Waals surface area contributed by atoms with Gasteiger partial charge in [-0.25, -0.2) is 4.79 Å². The van der Waals surface area contributed by atoms with E-state index in [0.29, 0.717) is 12.5 Å². The molecule has 1 amide bonds. The largest absolute Gasteiger partial charge is 0.445 e. The number of hydrogen-bond acceptors (Lipinski definition) is 2.